The van der Waals surface area contributed by atoms with Gasteiger partial charge in [0.2, 0.25) is 5.88 Å². The van der Waals surface area contributed by atoms with Gasteiger partial charge in [0.1, 0.15) is 18.9 Å². The van der Waals surface area contributed by atoms with Crippen LogP contribution in [0.15, 0.2) is 48.7 Å². The molecule has 0 bridgehead atoms. The molecule has 1 fully saturated rings. The lowest BCUT2D eigenvalue weighted by Gasteiger charge is -2.35. The molecule has 3 aromatic rings. The lowest BCUT2D eigenvalue weighted by atomic mass is 10.0. The van der Waals surface area contributed by atoms with E-state index in [1.807, 2.05) is 18.3 Å². The first-order chi connectivity index (χ1) is 12.9. The van der Waals surface area contributed by atoms with E-state index in [-0.39, 0.29) is 17.9 Å². The number of nitrogens with zero attached hydrogens (tertiary/aromatic N) is 2. The summed E-state index contributed by atoms with van der Waals surface area (Å²) in [6, 6.07) is 14.6. The Morgan fingerprint density at radius 1 is 1.22 bits per heavy atom. The third-order valence-corrected chi connectivity index (χ3v) is 5.90. The molecular formula is C22H26N2O2S. The molecule has 0 aliphatic carbocycles. The van der Waals surface area contributed by atoms with E-state index in [9.17, 15) is 0 Å². The standard InChI is InChI=1S/C22H26N2O2S/c1-15-12-18-19(27-15)10-11-23-20(18)25-14-17-13-24(22(2,3)4)21(26-17)16-8-6-5-7-9-16/h5-12,17,21H,13-14H2,1-4H3/t17?,21-/m1/s1. The molecule has 1 aromatic carbocycles. The van der Waals surface area contributed by atoms with Crippen molar-refractivity contribution in [3.05, 3.63) is 59.1 Å². The van der Waals surface area contributed by atoms with Crippen molar-refractivity contribution in [1.29, 1.82) is 0 Å². The zero-order chi connectivity index (χ0) is 19.0. The highest BCUT2D eigenvalue weighted by Crippen LogP contribution is 2.36. The molecule has 1 aliphatic heterocycles. The predicted molar refractivity (Wildman–Crippen MR) is 110 cm³/mol. The Balaban J connectivity index is 1.51. The number of pyridine rings is 1. The highest BCUT2D eigenvalue weighted by Gasteiger charge is 2.40. The van der Waals surface area contributed by atoms with Gasteiger partial charge in [-0.1, -0.05) is 30.3 Å². The van der Waals surface area contributed by atoms with Gasteiger partial charge in [-0.3, -0.25) is 4.90 Å². The second-order valence-electron chi connectivity index (χ2n) is 8.04. The molecule has 5 heteroatoms. The van der Waals surface area contributed by atoms with E-state index in [1.165, 1.54) is 15.1 Å². The summed E-state index contributed by atoms with van der Waals surface area (Å²) in [6.45, 7) is 10.1. The van der Waals surface area contributed by atoms with Crippen LogP contribution in [0.2, 0.25) is 0 Å². The number of ether oxygens (including phenoxy) is 2. The Kier molecular flexibility index (Phi) is 4.93. The van der Waals surface area contributed by atoms with Gasteiger partial charge < -0.3 is 9.47 Å². The number of aryl methyl sites for hydroxylation is 1. The lowest BCUT2D eigenvalue weighted by Crippen LogP contribution is -2.42. The molecule has 0 saturated carbocycles. The van der Waals surface area contributed by atoms with Crippen LogP contribution < -0.4 is 4.74 Å². The van der Waals surface area contributed by atoms with Crippen molar-refractivity contribution in [2.24, 2.45) is 0 Å². The van der Waals surface area contributed by atoms with Gasteiger partial charge in [0.15, 0.2) is 0 Å². The molecular weight excluding hydrogens is 356 g/mol. The van der Waals surface area contributed by atoms with Gasteiger partial charge in [-0.2, -0.15) is 0 Å². The van der Waals surface area contributed by atoms with Crippen LogP contribution in [0.25, 0.3) is 10.1 Å². The molecule has 0 N–H and O–H groups in total. The van der Waals surface area contributed by atoms with E-state index in [1.54, 1.807) is 11.3 Å². The molecule has 0 amide bonds. The minimum Gasteiger partial charge on any atom is -0.474 e. The van der Waals surface area contributed by atoms with Crippen LogP contribution in [0, 0.1) is 6.92 Å². The average Bonchev–Trinajstić information content (AvgIpc) is 3.23. The SMILES string of the molecule is Cc1cc2c(OCC3CN(C(C)(C)C)[C@@H](c4ccccc4)O3)nccc2s1. The molecule has 1 unspecified atom stereocenters. The summed E-state index contributed by atoms with van der Waals surface area (Å²) >= 11 is 1.77. The zero-order valence-electron chi connectivity index (χ0n) is 16.3. The second kappa shape index (κ2) is 7.23. The van der Waals surface area contributed by atoms with E-state index in [0.29, 0.717) is 12.5 Å². The summed E-state index contributed by atoms with van der Waals surface area (Å²) < 4.78 is 13.7. The van der Waals surface area contributed by atoms with E-state index in [4.69, 9.17) is 9.47 Å². The topological polar surface area (TPSA) is 34.6 Å². The molecule has 4 rings (SSSR count). The minimum absolute atomic E-state index is 0.00576. The van der Waals surface area contributed by atoms with Crippen LogP contribution >= 0.6 is 11.3 Å². The summed E-state index contributed by atoms with van der Waals surface area (Å²) in [7, 11) is 0. The van der Waals surface area contributed by atoms with Gasteiger partial charge in [0.05, 0.1) is 5.39 Å². The fraction of sp³-hybridized carbons (Fsp3) is 0.409. The van der Waals surface area contributed by atoms with Crippen molar-refractivity contribution in [3.63, 3.8) is 0 Å². The summed E-state index contributed by atoms with van der Waals surface area (Å²) in [6.07, 6.45) is 1.77. The van der Waals surface area contributed by atoms with Crippen molar-refractivity contribution in [3.8, 4) is 5.88 Å². The van der Waals surface area contributed by atoms with Crippen LogP contribution in [0.1, 0.15) is 37.4 Å². The van der Waals surface area contributed by atoms with Gasteiger partial charge >= 0.3 is 0 Å². The summed E-state index contributed by atoms with van der Waals surface area (Å²) in [5.41, 5.74) is 1.20. The quantitative estimate of drug-likeness (QED) is 0.623. The van der Waals surface area contributed by atoms with Gasteiger partial charge in [-0.15, -0.1) is 11.3 Å². The highest BCUT2D eigenvalue weighted by atomic mass is 32.1. The van der Waals surface area contributed by atoms with Crippen molar-refractivity contribution >= 4 is 21.4 Å². The molecule has 2 aromatic heterocycles. The molecule has 0 spiro atoms. The van der Waals surface area contributed by atoms with Gasteiger partial charge in [0, 0.05) is 27.9 Å². The first kappa shape index (κ1) is 18.4. The molecule has 142 valence electrons. The molecule has 1 aliphatic rings. The molecule has 2 atom stereocenters. The Hall–Kier alpha value is -1.95. The summed E-state index contributed by atoms with van der Waals surface area (Å²) in [4.78, 5) is 8.11. The third kappa shape index (κ3) is 3.86. The Labute approximate surface area is 164 Å². The summed E-state index contributed by atoms with van der Waals surface area (Å²) in [5.74, 6) is 0.700. The molecule has 4 nitrogen and oxygen atoms in total. The first-order valence-electron chi connectivity index (χ1n) is 9.37. The van der Waals surface area contributed by atoms with E-state index in [2.05, 4.69) is 67.9 Å². The fourth-order valence-electron chi connectivity index (χ4n) is 3.56. The monoisotopic (exact) mass is 382 g/mol. The van der Waals surface area contributed by atoms with Crippen LogP contribution in [-0.4, -0.2) is 34.7 Å². The number of rotatable bonds is 4. The first-order valence-corrected chi connectivity index (χ1v) is 10.2. The Morgan fingerprint density at radius 3 is 2.74 bits per heavy atom. The summed E-state index contributed by atoms with van der Waals surface area (Å²) in [5, 5.41) is 1.09. The van der Waals surface area contributed by atoms with Crippen LogP contribution in [0.5, 0.6) is 5.88 Å². The highest BCUT2D eigenvalue weighted by molar-refractivity contribution is 7.19. The fourth-order valence-corrected chi connectivity index (χ4v) is 4.47. The Bertz CT molecular complexity index is 917. The van der Waals surface area contributed by atoms with Gasteiger partial charge in [0.25, 0.3) is 0 Å². The number of hydrogen-bond donors (Lipinski definition) is 0. The van der Waals surface area contributed by atoms with E-state index in [0.717, 1.165) is 11.9 Å². The lowest BCUT2D eigenvalue weighted by molar-refractivity contribution is -0.0400. The maximum atomic E-state index is 6.40. The van der Waals surface area contributed by atoms with Gasteiger partial charge in [-0.25, -0.2) is 4.98 Å². The van der Waals surface area contributed by atoms with Crippen molar-refractivity contribution in [2.75, 3.05) is 13.2 Å². The maximum Gasteiger partial charge on any atom is 0.222 e. The van der Waals surface area contributed by atoms with Crippen molar-refractivity contribution in [1.82, 2.24) is 9.88 Å². The maximum absolute atomic E-state index is 6.40. The van der Waals surface area contributed by atoms with Crippen molar-refractivity contribution in [2.45, 2.75) is 45.6 Å². The largest absolute Gasteiger partial charge is 0.474 e. The predicted octanol–water partition coefficient (Wildman–Crippen LogP) is 5.18. The average molecular weight is 383 g/mol. The molecule has 27 heavy (non-hydrogen) atoms. The number of fused-ring (bicyclic) bond motifs is 1. The van der Waals surface area contributed by atoms with Gasteiger partial charge in [-0.05, 0) is 45.4 Å². The van der Waals surface area contributed by atoms with Crippen molar-refractivity contribution < 1.29 is 9.47 Å². The number of thiophene rings is 1. The van der Waals surface area contributed by atoms with Crippen LogP contribution in [0.3, 0.4) is 0 Å². The number of aromatic nitrogens is 1. The second-order valence-corrected chi connectivity index (χ2v) is 9.33. The van der Waals surface area contributed by atoms with Crippen LogP contribution in [0.4, 0.5) is 0 Å². The van der Waals surface area contributed by atoms with E-state index >= 15 is 0 Å². The molecule has 1 saturated heterocycles. The molecule has 0 radical (unpaired) electrons. The zero-order valence-corrected chi connectivity index (χ0v) is 17.1. The number of benzene rings is 1. The minimum atomic E-state index is -0.0491. The molecule has 3 heterocycles. The number of hydrogen-bond acceptors (Lipinski definition) is 5. The Morgan fingerprint density at radius 2 is 2.00 bits per heavy atom. The smallest absolute Gasteiger partial charge is 0.222 e. The third-order valence-electron chi connectivity index (χ3n) is 4.89. The van der Waals surface area contributed by atoms with E-state index < -0.39 is 0 Å². The normalized spacial score (nSPS) is 21.0. The van der Waals surface area contributed by atoms with Crippen LogP contribution in [-0.2, 0) is 4.74 Å².